The largest absolute Gasteiger partial charge is 0.460 e. The minimum atomic E-state index is -1.16. The van der Waals surface area contributed by atoms with Crippen molar-refractivity contribution in [2.75, 3.05) is 13.2 Å². The fourth-order valence-corrected chi connectivity index (χ4v) is 0.464. The summed E-state index contributed by atoms with van der Waals surface area (Å²) < 4.78 is 9.00. The van der Waals surface area contributed by atoms with Gasteiger partial charge in [-0.25, -0.2) is 9.59 Å². The number of carbonyl (C=O) groups is 2. The molecule has 0 aliphatic rings. The molecule has 5 nitrogen and oxygen atoms in total. The summed E-state index contributed by atoms with van der Waals surface area (Å²) in [6.07, 6.45) is -0.147. The van der Waals surface area contributed by atoms with E-state index in [4.69, 9.17) is 5.11 Å². The lowest BCUT2D eigenvalue weighted by molar-refractivity contribution is -0.156. The SMILES string of the molecule is C=CC(=O)OCCOC(=O)[C@H](C)O. The van der Waals surface area contributed by atoms with Crippen LogP contribution >= 0.6 is 0 Å². The smallest absolute Gasteiger partial charge is 0.334 e. The number of aliphatic hydroxyl groups is 1. The summed E-state index contributed by atoms with van der Waals surface area (Å²) in [5.41, 5.74) is 0. The van der Waals surface area contributed by atoms with E-state index in [2.05, 4.69) is 16.1 Å². The van der Waals surface area contributed by atoms with Crippen LogP contribution in [-0.4, -0.2) is 36.4 Å². The summed E-state index contributed by atoms with van der Waals surface area (Å²) in [5.74, 6) is -1.32. The average Bonchev–Trinajstić information content (AvgIpc) is 2.11. The highest BCUT2D eigenvalue weighted by molar-refractivity contribution is 5.81. The third-order valence-electron chi connectivity index (χ3n) is 1.08. The van der Waals surface area contributed by atoms with Crippen LogP contribution < -0.4 is 0 Å². The Morgan fingerprint density at radius 2 is 2.00 bits per heavy atom. The van der Waals surface area contributed by atoms with Gasteiger partial charge in [0.25, 0.3) is 0 Å². The maximum absolute atomic E-state index is 10.6. The first-order chi connectivity index (χ1) is 6.07. The Balaban J connectivity index is 3.41. The van der Waals surface area contributed by atoms with Crippen LogP contribution in [0.3, 0.4) is 0 Å². The van der Waals surface area contributed by atoms with Gasteiger partial charge >= 0.3 is 11.9 Å². The number of ether oxygens (including phenoxy) is 2. The first-order valence-corrected chi connectivity index (χ1v) is 3.71. The van der Waals surface area contributed by atoms with Gasteiger partial charge in [0.2, 0.25) is 0 Å². The standard InChI is InChI=1S/C8H12O5/c1-3-7(10)12-4-5-13-8(11)6(2)9/h3,6,9H,1,4-5H2,2H3/t6-/m0/s1. The molecular formula is C8H12O5. The van der Waals surface area contributed by atoms with E-state index in [1.165, 1.54) is 6.92 Å². The van der Waals surface area contributed by atoms with E-state index in [0.29, 0.717) is 0 Å². The third-order valence-corrected chi connectivity index (χ3v) is 1.08. The van der Waals surface area contributed by atoms with Crippen LogP contribution in [0.15, 0.2) is 12.7 Å². The topological polar surface area (TPSA) is 72.8 Å². The molecule has 0 aromatic heterocycles. The van der Waals surface area contributed by atoms with Crippen LogP contribution in [0.4, 0.5) is 0 Å². The van der Waals surface area contributed by atoms with Gasteiger partial charge < -0.3 is 14.6 Å². The molecule has 0 aliphatic carbocycles. The van der Waals surface area contributed by atoms with Crippen molar-refractivity contribution in [2.24, 2.45) is 0 Å². The molecule has 0 aromatic carbocycles. The second-order valence-corrected chi connectivity index (χ2v) is 2.22. The van der Waals surface area contributed by atoms with E-state index >= 15 is 0 Å². The van der Waals surface area contributed by atoms with E-state index in [9.17, 15) is 9.59 Å². The highest BCUT2D eigenvalue weighted by Crippen LogP contribution is 1.87. The molecule has 0 fully saturated rings. The Bertz CT molecular complexity index is 197. The zero-order valence-electron chi connectivity index (χ0n) is 7.36. The van der Waals surface area contributed by atoms with Crippen molar-refractivity contribution >= 4 is 11.9 Å². The molecule has 0 rings (SSSR count). The van der Waals surface area contributed by atoms with Crippen LogP contribution in [0.1, 0.15) is 6.92 Å². The second kappa shape index (κ2) is 6.19. The summed E-state index contributed by atoms with van der Waals surface area (Å²) in [4.78, 5) is 21.1. The van der Waals surface area contributed by atoms with Crippen LogP contribution in [-0.2, 0) is 19.1 Å². The quantitative estimate of drug-likeness (QED) is 0.362. The fraction of sp³-hybridized carbons (Fsp3) is 0.500. The molecule has 0 aromatic rings. The van der Waals surface area contributed by atoms with E-state index < -0.39 is 18.0 Å². The van der Waals surface area contributed by atoms with E-state index in [1.54, 1.807) is 0 Å². The molecule has 0 bridgehead atoms. The number of rotatable bonds is 5. The number of hydrogen-bond donors (Lipinski definition) is 1. The maximum atomic E-state index is 10.6. The summed E-state index contributed by atoms with van der Waals surface area (Å²) in [6, 6.07) is 0. The van der Waals surface area contributed by atoms with Crippen LogP contribution in [0.2, 0.25) is 0 Å². The van der Waals surface area contributed by atoms with Crippen molar-refractivity contribution in [3.05, 3.63) is 12.7 Å². The molecule has 0 aliphatic heterocycles. The minimum Gasteiger partial charge on any atom is -0.460 e. The summed E-state index contributed by atoms with van der Waals surface area (Å²) in [7, 11) is 0. The molecule has 1 N–H and O–H groups in total. The van der Waals surface area contributed by atoms with Gasteiger partial charge in [-0.3, -0.25) is 0 Å². The van der Waals surface area contributed by atoms with E-state index in [1.807, 2.05) is 0 Å². The van der Waals surface area contributed by atoms with Crippen LogP contribution in [0, 0.1) is 0 Å². The molecule has 0 heterocycles. The maximum Gasteiger partial charge on any atom is 0.334 e. The Hall–Kier alpha value is -1.36. The van der Waals surface area contributed by atoms with Crippen molar-refractivity contribution in [2.45, 2.75) is 13.0 Å². The van der Waals surface area contributed by atoms with Gasteiger partial charge in [0.1, 0.15) is 19.3 Å². The average molecular weight is 188 g/mol. The lowest BCUT2D eigenvalue weighted by Gasteiger charge is -2.05. The van der Waals surface area contributed by atoms with Gasteiger partial charge in [-0.15, -0.1) is 0 Å². The van der Waals surface area contributed by atoms with Crippen molar-refractivity contribution in [1.82, 2.24) is 0 Å². The molecule has 0 unspecified atom stereocenters. The van der Waals surface area contributed by atoms with Crippen molar-refractivity contribution in [1.29, 1.82) is 0 Å². The highest BCUT2D eigenvalue weighted by Gasteiger charge is 2.09. The third kappa shape index (κ3) is 5.86. The van der Waals surface area contributed by atoms with Crippen molar-refractivity contribution in [3.8, 4) is 0 Å². The molecule has 5 heteroatoms. The molecular weight excluding hydrogens is 176 g/mol. The van der Waals surface area contributed by atoms with Gasteiger partial charge in [0.15, 0.2) is 0 Å². The Labute approximate surface area is 75.9 Å². The van der Waals surface area contributed by atoms with Gasteiger partial charge in [0.05, 0.1) is 0 Å². The van der Waals surface area contributed by atoms with Crippen molar-refractivity contribution < 1.29 is 24.2 Å². The van der Waals surface area contributed by atoms with Gasteiger partial charge in [-0.05, 0) is 6.92 Å². The summed E-state index contributed by atoms with van der Waals surface area (Å²) in [6.45, 7) is 4.37. The normalized spacial score (nSPS) is 11.5. The lowest BCUT2D eigenvalue weighted by Crippen LogP contribution is -2.21. The number of esters is 2. The lowest BCUT2D eigenvalue weighted by atomic mass is 10.4. The van der Waals surface area contributed by atoms with Crippen molar-refractivity contribution in [3.63, 3.8) is 0 Å². The molecule has 74 valence electrons. The van der Waals surface area contributed by atoms with Gasteiger partial charge in [-0.2, -0.15) is 0 Å². The molecule has 0 radical (unpaired) electrons. The Morgan fingerprint density at radius 3 is 2.46 bits per heavy atom. The Morgan fingerprint density at radius 1 is 1.46 bits per heavy atom. The fourth-order valence-electron chi connectivity index (χ4n) is 0.464. The molecule has 0 amide bonds. The monoisotopic (exact) mass is 188 g/mol. The number of carbonyl (C=O) groups excluding carboxylic acids is 2. The van der Waals surface area contributed by atoms with Gasteiger partial charge in [-0.1, -0.05) is 6.58 Å². The van der Waals surface area contributed by atoms with Crippen LogP contribution in [0.25, 0.3) is 0 Å². The molecule has 0 saturated carbocycles. The Kier molecular flexibility index (Phi) is 5.54. The zero-order valence-corrected chi connectivity index (χ0v) is 7.36. The van der Waals surface area contributed by atoms with Crippen LogP contribution in [0.5, 0.6) is 0 Å². The molecule has 0 spiro atoms. The van der Waals surface area contributed by atoms with E-state index in [0.717, 1.165) is 6.08 Å². The second-order valence-electron chi connectivity index (χ2n) is 2.22. The summed E-state index contributed by atoms with van der Waals surface area (Å²) in [5, 5.41) is 8.68. The number of hydrogen-bond acceptors (Lipinski definition) is 5. The summed E-state index contributed by atoms with van der Waals surface area (Å²) >= 11 is 0. The van der Waals surface area contributed by atoms with E-state index in [-0.39, 0.29) is 13.2 Å². The molecule has 13 heavy (non-hydrogen) atoms. The highest BCUT2D eigenvalue weighted by atomic mass is 16.6. The van der Waals surface area contributed by atoms with Gasteiger partial charge in [0, 0.05) is 6.08 Å². The first kappa shape index (κ1) is 11.6. The zero-order chi connectivity index (χ0) is 10.3. The molecule has 0 saturated heterocycles. The predicted octanol–water partition coefficient (Wildman–Crippen LogP) is -0.360. The first-order valence-electron chi connectivity index (χ1n) is 3.71. The number of aliphatic hydroxyl groups excluding tert-OH is 1. The predicted molar refractivity (Wildman–Crippen MR) is 43.8 cm³/mol. The molecule has 1 atom stereocenters. The minimum absolute atomic E-state index is 0.0384.